The molecule has 1 saturated heterocycles. The summed E-state index contributed by atoms with van der Waals surface area (Å²) in [6.07, 6.45) is 5.27. The van der Waals surface area contributed by atoms with Crippen LogP contribution in [0.25, 0.3) is 0 Å². The molecule has 1 fully saturated rings. The van der Waals surface area contributed by atoms with Crippen molar-refractivity contribution in [1.29, 1.82) is 0 Å². The summed E-state index contributed by atoms with van der Waals surface area (Å²) in [4.78, 5) is 14.3. The molecular weight excluding hydrogens is 266 g/mol. The van der Waals surface area contributed by atoms with E-state index in [1.54, 1.807) is 6.26 Å². The maximum Gasteiger partial charge on any atom is 0.234 e. The molecule has 1 aliphatic rings. The van der Waals surface area contributed by atoms with Crippen molar-refractivity contribution in [2.45, 2.75) is 32.2 Å². The fraction of sp³-hybridized carbons (Fsp3) is 0.688. The van der Waals surface area contributed by atoms with Crippen molar-refractivity contribution in [3.05, 3.63) is 24.2 Å². The lowest BCUT2D eigenvalue weighted by Crippen LogP contribution is -2.42. The molecule has 1 aliphatic heterocycles. The zero-order valence-corrected chi connectivity index (χ0v) is 13.1. The van der Waals surface area contributed by atoms with Gasteiger partial charge in [-0.15, -0.1) is 0 Å². The summed E-state index contributed by atoms with van der Waals surface area (Å²) in [6.45, 7) is 5.57. The van der Waals surface area contributed by atoms with E-state index in [1.807, 2.05) is 26.1 Å². The molecule has 1 aromatic heterocycles. The number of amides is 1. The van der Waals surface area contributed by atoms with Crippen LogP contribution in [0.3, 0.4) is 0 Å². The van der Waals surface area contributed by atoms with Crippen molar-refractivity contribution in [3.63, 3.8) is 0 Å². The predicted molar refractivity (Wildman–Crippen MR) is 83.0 cm³/mol. The smallest absolute Gasteiger partial charge is 0.234 e. The summed E-state index contributed by atoms with van der Waals surface area (Å²) in [6, 6.07) is 3.66. The molecule has 2 rings (SSSR count). The average Bonchev–Trinajstić information content (AvgIpc) is 3.01. The zero-order chi connectivity index (χ0) is 15.1. The third-order valence-electron chi connectivity index (χ3n) is 4.22. The van der Waals surface area contributed by atoms with Gasteiger partial charge in [-0.25, -0.2) is 0 Å². The van der Waals surface area contributed by atoms with Crippen LogP contribution in [-0.4, -0.2) is 44.0 Å². The Kier molecular flexibility index (Phi) is 6.26. The molecule has 0 spiro atoms. The van der Waals surface area contributed by atoms with E-state index in [1.165, 1.54) is 19.3 Å². The minimum Gasteiger partial charge on any atom is -0.467 e. The number of piperidine rings is 1. The van der Waals surface area contributed by atoms with Crippen molar-refractivity contribution in [1.82, 2.24) is 15.5 Å². The lowest BCUT2D eigenvalue weighted by molar-refractivity contribution is -0.123. The third kappa shape index (κ3) is 5.17. The Morgan fingerprint density at radius 1 is 1.48 bits per heavy atom. The summed E-state index contributed by atoms with van der Waals surface area (Å²) >= 11 is 0. The lowest BCUT2D eigenvalue weighted by Gasteiger charge is -2.31. The normalized spacial score (nSPS) is 18.6. The van der Waals surface area contributed by atoms with E-state index >= 15 is 0 Å². The van der Waals surface area contributed by atoms with Gasteiger partial charge in [0.2, 0.25) is 5.91 Å². The molecule has 118 valence electrons. The molecule has 0 aromatic carbocycles. The van der Waals surface area contributed by atoms with Gasteiger partial charge < -0.3 is 15.1 Å². The van der Waals surface area contributed by atoms with Gasteiger partial charge >= 0.3 is 0 Å². The van der Waals surface area contributed by atoms with Crippen LogP contribution in [0.5, 0.6) is 0 Å². The van der Waals surface area contributed by atoms with E-state index in [4.69, 9.17) is 4.42 Å². The average molecular weight is 293 g/mol. The predicted octanol–water partition coefficient (Wildman–Crippen LogP) is 1.78. The molecule has 2 N–H and O–H groups in total. The first-order valence-electron chi connectivity index (χ1n) is 7.88. The van der Waals surface area contributed by atoms with Gasteiger partial charge in [-0.3, -0.25) is 9.69 Å². The van der Waals surface area contributed by atoms with Crippen LogP contribution in [0, 0.1) is 5.92 Å². The van der Waals surface area contributed by atoms with Gasteiger partial charge in [0.25, 0.3) is 0 Å². The Balaban J connectivity index is 1.67. The molecule has 1 aromatic rings. The summed E-state index contributed by atoms with van der Waals surface area (Å²) in [5, 5.41) is 6.20. The highest BCUT2D eigenvalue weighted by Gasteiger charge is 2.21. The van der Waals surface area contributed by atoms with Crippen molar-refractivity contribution in [3.8, 4) is 0 Å². The van der Waals surface area contributed by atoms with Crippen LogP contribution in [0.2, 0.25) is 0 Å². The number of carbonyl (C=O) groups is 1. The lowest BCUT2D eigenvalue weighted by atomic mass is 9.93. The minimum atomic E-state index is -0.0688. The maximum atomic E-state index is 12.1. The summed E-state index contributed by atoms with van der Waals surface area (Å²) < 4.78 is 5.30. The molecule has 0 saturated carbocycles. The van der Waals surface area contributed by atoms with Gasteiger partial charge in [0.15, 0.2) is 0 Å². The largest absolute Gasteiger partial charge is 0.467 e. The second-order valence-corrected chi connectivity index (χ2v) is 5.92. The van der Waals surface area contributed by atoms with Gasteiger partial charge in [-0.1, -0.05) is 0 Å². The van der Waals surface area contributed by atoms with Gasteiger partial charge in [0, 0.05) is 0 Å². The highest BCUT2D eigenvalue weighted by Crippen LogP contribution is 2.20. The van der Waals surface area contributed by atoms with Crippen LogP contribution in [0.4, 0.5) is 0 Å². The number of nitrogens with one attached hydrogen (secondary N) is 2. The number of carbonyl (C=O) groups excluding carboxylic acids is 1. The van der Waals surface area contributed by atoms with Crippen LogP contribution in [-0.2, 0) is 4.79 Å². The molecule has 0 radical (unpaired) electrons. The summed E-state index contributed by atoms with van der Waals surface area (Å²) in [5.41, 5.74) is 0. The fourth-order valence-corrected chi connectivity index (χ4v) is 2.88. The van der Waals surface area contributed by atoms with Gasteiger partial charge in [0.05, 0.1) is 18.8 Å². The Morgan fingerprint density at radius 2 is 2.24 bits per heavy atom. The van der Waals surface area contributed by atoms with E-state index in [9.17, 15) is 4.79 Å². The molecule has 5 nitrogen and oxygen atoms in total. The van der Waals surface area contributed by atoms with Crippen molar-refractivity contribution < 1.29 is 9.21 Å². The quantitative estimate of drug-likeness (QED) is 0.804. The van der Waals surface area contributed by atoms with Crippen LogP contribution in [0.15, 0.2) is 22.8 Å². The highest BCUT2D eigenvalue weighted by molar-refractivity contribution is 5.78. The molecule has 5 heteroatoms. The standard InChI is InChI=1S/C16H27N3O2/c1-13(15-4-3-11-21-15)18-16(20)12-19-9-6-14(7-10-19)5-8-17-2/h3-4,11,13-14,17H,5-10,12H2,1-2H3,(H,18,20). The molecule has 1 unspecified atom stereocenters. The summed E-state index contributed by atoms with van der Waals surface area (Å²) in [7, 11) is 2.00. The number of likely N-dealkylation sites (tertiary alicyclic amines) is 1. The molecular formula is C16H27N3O2. The molecule has 0 bridgehead atoms. The van der Waals surface area contributed by atoms with Gasteiger partial charge in [0.1, 0.15) is 5.76 Å². The molecule has 1 atom stereocenters. The van der Waals surface area contributed by atoms with Crippen LogP contribution in [0.1, 0.15) is 38.0 Å². The third-order valence-corrected chi connectivity index (χ3v) is 4.22. The van der Waals surface area contributed by atoms with Crippen LogP contribution >= 0.6 is 0 Å². The van der Waals surface area contributed by atoms with E-state index in [0.717, 1.165) is 31.3 Å². The van der Waals surface area contributed by atoms with Crippen molar-refractivity contribution >= 4 is 5.91 Å². The van der Waals surface area contributed by atoms with E-state index in [2.05, 4.69) is 15.5 Å². The maximum absolute atomic E-state index is 12.1. The van der Waals surface area contributed by atoms with Gasteiger partial charge in [-0.05, 0) is 70.9 Å². The zero-order valence-electron chi connectivity index (χ0n) is 13.1. The number of nitrogens with zero attached hydrogens (tertiary/aromatic N) is 1. The first-order valence-corrected chi connectivity index (χ1v) is 7.88. The number of furan rings is 1. The molecule has 2 heterocycles. The first-order chi connectivity index (χ1) is 10.2. The topological polar surface area (TPSA) is 57.5 Å². The second kappa shape index (κ2) is 8.20. The SMILES string of the molecule is CNCCC1CCN(CC(=O)NC(C)c2ccco2)CC1. The number of hydrogen-bond acceptors (Lipinski definition) is 4. The first kappa shape index (κ1) is 16.0. The Morgan fingerprint density at radius 3 is 2.86 bits per heavy atom. The molecule has 0 aliphatic carbocycles. The van der Waals surface area contributed by atoms with E-state index in [-0.39, 0.29) is 11.9 Å². The Labute approximate surface area is 127 Å². The highest BCUT2D eigenvalue weighted by atomic mass is 16.3. The van der Waals surface area contributed by atoms with E-state index < -0.39 is 0 Å². The van der Waals surface area contributed by atoms with E-state index in [0.29, 0.717) is 6.54 Å². The molecule has 1 amide bonds. The summed E-state index contributed by atoms with van der Waals surface area (Å²) in [5.74, 6) is 1.68. The van der Waals surface area contributed by atoms with Crippen molar-refractivity contribution in [2.24, 2.45) is 5.92 Å². The second-order valence-electron chi connectivity index (χ2n) is 5.92. The van der Waals surface area contributed by atoms with Crippen LogP contribution < -0.4 is 10.6 Å². The van der Waals surface area contributed by atoms with Gasteiger partial charge in [-0.2, -0.15) is 0 Å². The monoisotopic (exact) mass is 293 g/mol. The number of rotatable bonds is 7. The Bertz CT molecular complexity index is 411. The molecule has 21 heavy (non-hydrogen) atoms. The minimum absolute atomic E-state index is 0.0688. The fourth-order valence-electron chi connectivity index (χ4n) is 2.88. The Hall–Kier alpha value is -1.33. The number of hydrogen-bond donors (Lipinski definition) is 2. The van der Waals surface area contributed by atoms with Crippen molar-refractivity contribution in [2.75, 3.05) is 33.2 Å².